The van der Waals surface area contributed by atoms with Crippen molar-refractivity contribution in [2.24, 2.45) is 5.92 Å². The lowest BCUT2D eigenvalue weighted by Crippen LogP contribution is -2.46. The summed E-state index contributed by atoms with van der Waals surface area (Å²) in [5.74, 6) is 0.883. The molecule has 2 fully saturated rings. The summed E-state index contributed by atoms with van der Waals surface area (Å²) >= 11 is 0. The highest BCUT2D eigenvalue weighted by Crippen LogP contribution is 2.27. The van der Waals surface area contributed by atoms with Crippen molar-refractivity contribution in [1.82, 2.24) is 5.32 Å². The molecule has 0 saturated heterocycles. The fourth-order valence-electron chi connectivity index (χ4n) is 2.97. The van der Waals surface area contributed by atoms with Crippen LogP contribution in [0.1, 0.15) is 51.9 Å². The highest BCUT2D eigenvalue weighted by atomic mass is 16.3. The summed E-state index contributed by atoms with van der Waals surface area (Å²) in [5, 5.41) is 13.5. The molecule has 2 heteroatoms. The van der Waals surface area contributed by atoms with E-state index in [-0.39, 0.29) is 6.10 Å². The Morgan fingerprint density at radius 1 is 1.07 bits per heavy atom. The maximum Gasteiger partial charge on any atom is 0.0693 e. The molecule has 0 unspecified atom stereocenters. The van der Waals surface area contributed by atoms with Gasteiger partial charge in [-0.2, -0.15) is 0 Å². The molecule has 0 aliphatic heterocycles. The molecule has 0 aromatic heterocycles. The van der Waals surface area contributed by atoms with Gasteiger partial charge in [-0.15, -0.1) is 0 Å². The van der Waals surface area contributed by atoms with E-state index in [0.717, 1.165) is 12.3 Å². The fourth-order valence-corrected chi connectivity index (χ4v) is 2.97. The molecule has 0 aromatic rings. The van der Waals surface area contributed by atoms with Crippen LogP contribution in [0.4, 0.5) is 0 Å². The summed E-state index contributed by atoms with van der Waals surface area (Å²) in [7, 11) is 0. The van der Waals surface area contributed by atoms with E-state index in [1.165, 1.54) is 38.5 Å². The van der Waals surface area contributed by atoms with Gasteiger partial charge in [-0.1, -0.05) is 19.8 Å². The first kappa shape index (κ1) is 10.4. The van der Waals surface area contributed by atoms with Gasteiger partial charge in [0.15, 0.2) is 0 Å². The molecule has 14 heavy (non-hydrogen) atoms. The summed E-state index contributed by atoms with van der Waals surface area (Å²) in [6.07, 6.45) is 8.57. The normalized spacial score (nSPS) is 44.1. The minimum absolute atomic E-state index is 0.0837. The number of aliphatic hydroxyl groups excluding tert-OH is 1. The minimum Gasteiger partial charge on any atom is -0.392 e. The van der Waals surface area contributed by atoms with Gasteiger partial charge in [0.2, 0.25) is 0 Å². The largest absolute Gasteiger partial charge is 0.392 e. The lowest BCUT2D eigenvalue weighted by Gasteiger charge is -2.31. The Labute approximate surface area is 87.1 Å². The first-order valence-electron chi connectivity index (χ1n) is 6.20. The third-order valence-corrected chi connectivity index (χ3v) is 3.87. The van der Waals surface area contributed by atoms with Crippen molar-refractivity contribution in [3.63, 3.8) is 0 Å². The van der Waals surface area contributed by atoms with Crippen molar-refractivity contribution in [2.75, 3.05) is 0 Å². The quantitative estimate of drug-likeness (QED) is 0.710. The van der Waals surface area contributed by atoms with Gasteiger partial charge >= 0.3 is 0 Å². The molecular formula is C12H23NO. The average Bonchev–Trinajstić information content (AvgIpc) is 2.56. The molecule has 2 aliphatic carbocycles. The lowest BCUT2D eigenvalue weighted by atomic mass is 9.92. The molecule has 0 aromatic carbocycles. The zero-order chi connectivity index (χ0) is 9.97. The number of aliphatic hydroxyl groups is 1. The fraction of sp³-hybridized carbons (Fsp3) is 1.00. The maximum absolute atomic E-state index is 9.83. The van der Waals surface area contributed by atoms with Crippen LogP contribution >= 0.6 is 0 Å². The molecule has 2 aliphatic rings. The van der Waals surface area contributed by atoms with Crippen molar-refractivity contribution in [1.29, 1.82) is 0 Å². The smallest absolute Gasteiger partial charge is 0.0693 e. The summed E-state index contributed by atoms with van der Waals surface area (Å²) < 4.78 is 0. The molecule has 2 saturated carbocycles. The van der Waals surface area contributed by atoms with Crippen molar-refractivity contribution in [2.45, 2.75) is 70.1 Å². The Morgan fingerprint density at radius 3 is 2.50 bits per heavy atom. The van der Waals surface area contributed by atoms with Crippen LogP contribution in [-0.4, -0.2) is 23.3 Å². The zero-order valence-electron chi connectivity index (χ0n) is 9.21. The molecule has 2 N–H and O–H groups in total. The molecule has 4 atom stereocenters. The first-order valence-corrected chi connectivity index (χ1v) is 6.20. The lowest BCUT2D eigenvalue weighted by molar-refractivity contribution is 0.0850. The van der Waals surface area contributed by atoms with Crippen molar-refractivity contribution in [3.05, 3.63) is 0 Å². The van der Waals surface area contributed by atoms with Crippen molar-refractivity contribution in [3.8, 4) is 0 Å². The molecule has 0 radical (unpaired) electrons. The topological polar surface area (TPSA) is 32.3 Å². The molecule has 82 valence electrons. The van der Waals surface area contributed by atoms with E-state index in [4.69, 9.17) is 0 Å². The van der Waals surface area contributed by atoms with Crippen LogP contribution in [0.25, 0.3) is 0 Å². The molecule has 2 nitrogen and oxygen atoms in total. The highest BCUT2D eigenvalue weighted by Gasteiger charge is 2.28. The van der Waals surface area contributed by atoms with E-state index in [1.807, 2.05) is 0 Å². The van der Waals surface area contributed by atoms with E-state index in [0.29, 0.717) is 12.1 Å². The highest BCUT2D eigenvalue weighted by molar-refractivity contribution is 4.86. The van der Waals surface area contributed by atoms with E-state index in [1.54, 1.807) is 0 Å². The second-order valence-corrected chi connectivity index (χ2v) is 5.24. The van der Waals surface area contributed by atoms with Gasteiger partial charge < -0.3 is 10.4 Å². The van der Waals surface area contributed by atoms with Gasteiger partial charge in [0, 0.05) is 12.1 Å². The van der Waals surface area contributed by atoms with Crippen LogP contribution in [0.15, 0.2) is 0 Å². The SMILES string of the molecule is C[C@@H]1CC[C@H](N[C@@H]2CCCC[C@H]2O)C1. The van der Waals surface area contributed by atoms with Crippen molar-refractivity contribution >= 4 is 0 Å². The average molecular weight is 197 g/mol. The zero-order valence-corrected chi connectivity index (χ0v) is 9.21. The van der Waals surface area contributed by atoms with Gasteiger partial charge in [0.25, 0.3) is 0 Å². The maximum atomic E-state index is 9.83. The van der Waals surface area contributed by atoms with Gasteiger partial charge in [-0.25, -0.2) is 0 Å². The second kappa shape index (κ2) is 4.63. The number of nitrogens with one attached hydrogen (secondary N) is 1. The third kappa shape index (κ3) is 2.48. The van der Waals surface area contributed by atoms with Crippen molar-refractivity contribution < 1.29 is 5.11 Å². The summed E-state index contributed by atoms with van der Waals surface area (Å²) in [6, 6.07) is 1.07. The molecule has 0 heterocycles. The molecular weight excluding hydrogens is 174 g/mol. The van der Waals surface area contributed by atoms with Crippen LogP contribution in [0.3, 0.4) is 0 Å². The molecule has 0 spiro atoms. The Hall–Kier alpha value is -0.0800. The Kier molecular flexibility index (Phi) is 3.45. The summed E-state index contributed by atoms with van der Waals surface area (Å²) in [4.78, 5) is 0. The number of hydrogen-bond donors (Lipinski definition) is 2. The third-order valence-electron chi connectivity index (χ3n) is 3.87. The van der Waals surface area contributed by atoms with Crippen LogP contribution in [0.5, 0.6) is 0 Å². The predicted octanol–water partition coefficient (Wildman–Crippen LogP) is 2.07. The monoisotopic (exact) mass is 197 g/mol. The van der Waals surface area contributed by atoms with Gasteiger partial charge in [-0.05, 0) is 38.0 Å². The molecule has 0 bridgehead atoms. The molecule has 0 amide bonds. The minimum atomic E-state index is -0.0837. The van der Waals surface area contributed by atoms with Crippen LogP contribution in [-0.2, 0) is 0 Å². The van der Waals surface area contributed by atoms with Crippen LogP contribution in [0.2, 0.25) is 0 Å². The number of hydrogen-bond acceptors (Lipinski definition) is 2. The predicted molar refractivity (Wildman–Crippen MR) is 58.2 cm³/mol. The van der Waals surface area contributed by atoms with E-state index in [2.05, 4.69) is 12.2 Å². The Bertz CT molecular complexity index is 183. The van der Waals surface area contributed by atoms with E-state index < -0.39 is 0 Å². The van der Waals surface area contributed by atoms with Crippen LogP contribution in [0, 0.1) is 5.92 Å². The standard InChI is InChI=1S/C12H23NO/c1-9-6-7-10(8-9)13-11-4-2-3-5-12(11)14/h9-14H,2-8H2,1H3/t9-,10+,11-,12-/m1/s1. The van der Waals surface area contributed by atoms with Gasteiger partial charge in [0.1, 0.15) is 0 Å². The Balaban J connectivity index is 1.78. The van der Waals surface area contributed by atoms with Gasteiger partial charge in [-0.3, -0.25) is 0 Å². The second-order valence-electron chi connectivity index (χ2n) is 5.24. The summed E-state index contributed by atoms with van der Waals surface area (Å²) in [5.41, 5.74) is 0. The van der Waals surface area contributed by atoms with E-state index in [9.17, 15) is 5.11 Å². The summed E-state index contributed by atoms with van der Waals surface area (Å²) in [6.45, 7) is 2.33. The first-order chi connectivity index (χ1) is 6.75. The molecule has 2 rings (SSSR count). The number of rotatable bonds is 2. The van der Waals surface area contributed by atoms with Gasteiger partial charge in [0.05, 0.1) is 6.10 Å². The van der Waals surface area contributed by atoms with Crippen LogP contribution < -0.4 is 5.32 Å². The van der Waals surface area contributed by atoms with E-state index >= 15 is 0 Å². The Morgan fingerprint density at radius 2 is 1.86 bits per heavy atom.